The van der Waals surface area contributed by atoms with E-state index in [0.29, 0.717) is 16.8 Å². The van der Waals surface area contributed by atoms with Crippen LogP contribution in [0.3, 0.4) is 0 Å². The van der Waals surface area contributed by atoms with Crippen molar-refractivity contribution >= 4 is 33.4 Å². The van der Waals surface area contributed by atoms with Gasteiger partial charge in [-0.1, -0.05) is 72.4 Å². The summed E-state index contributed by atoms with van der Waals surface area (Å²) < 4.78 is 2.56. The highest BCUT2D eigenvalue weighted by Gasteiger charge is 2.22. The molecule has 5 nitrogen and oxygen atoms in total. The molecule has 4 rings (SSSR count). The van der Waals surface area contributed by atoms with Crippen molar-refractivity contribution in [3.8, 4) is 11.1 Å². The summed E-state index contributed by atoms with van der Waals surface area (Å²) in [6, 6.07) is 22.3. The number of benzene rings is 3. The zero-order chi connectivity index (χ0) is 22.0. The highest BCUT2D eigenvalue weighted by molar-refractivity contribution is 7.16. The molecule has 1 atom stereocenters. The largest absolute Gasteiger partial charge is 0.480 e. The fourth-order valence-corrected chi connectivity index (χ4v) is 4.65. The van der Waals surface area contributed by atoms with Gasteiger partial charge in [-0.25, -0.2) is 4.79 Å². The molecule has 156 valence electrons. The Morgan fingerprint density at radius 2 is 1.71 bits per heavy atom. The lowest BCUT2D eigenvalue weighted by Crippen LogP contribution is -2.27. The van der Waals surface area contributed by atoms with Crippen LogP contribution in [-0.2, 0) is 4.79 Å². The average Bonchev–Trinajstić information content (AvgIpc) is 3.12. The number of nitrogens with zero attached hydrogens (tertiary/aromatic N) is 2. The van der Waals surface area contributed by atoms with E-state index < -0.39 is 12.0 Å². The molecular formula is C25H22N2O3S. The summed E-state index contributed by atoms with van der Waals surface area (Å²) in [5.41, 5.74) is 4.39. The number of aliphatic carboxylic acids is 1. The fraction of sp³-hybridized carbons (Fsp3) is 0.160. The molecule has 0 aliphatic heterocycles. The number of fused-ring (bicyclic) bond motifs is 1. The third-order valence-electron chi connectivity index (χ3n) is 5.21. The Hall–Kier alpha value is -3.51. The first-order valence-electron chi connectivity index (χ1n) is 10.1. The Bertz CT molecular complexity index is 1320. The van der Waals surface area contributed by atoms with Gasteiger partial charge in [-0.2, -0.15) is 4.99 Å². The van der Waals surface area contributed by atoms with Crippen molar-refractivity contribution in [1.82, 2.24) is 4.57 Å². The molecule has 0 radical (unpaired) electrons. The SMILES string of the molecule is CCC(C(=O)O)n1/c(=N/C(=O)c2ccc(C)cc2)sc2cc(-c3ccccc3)ccc21. The number of aromatic nitrogens is 1. The van der Waals surface area contributed by atoms with Crippen LogP contribution in [0.4, 0.5) is 0 Å². The highest BCUT2D eigenvalue weighted by atomic mass is 32.1. The van der Waals surface area contributed by atoms with Crippen molar-refractivity contribution in [3.63, 3.8) is 0 Å². The molecular weight excluding hydrogens is 408 g/mol. The molecule has 0 saturated heterocycles. The molecule has 1 amide bonds. The number of hydrogen-bond donors (Lipinski definition) is 1. The smallest absolute Gasteiger partial charge is 0.326 e. The van der Waals surface area contributed by atoms with E-state index in [1.54, 1.807) is 16.7 Å². The maximum atomic E-state index is 12.8. The summed E-state index contributed by atoms with van der Waals surface area (Å²) in [7, 11) is 0. The van der Waals surface area contributed by atoms with Gasteiger partial charge in [0.05, 0.1) is 10.2 Å². The van der Waals surface area contributed by atoms with Gasteiger partial charge in [-0.05, 0) is 48.7 Å². The van der Waals surface area contributed by atoms with Crippen LogP contribution in [0.5, 0.6) is 0 Å². The summed E-state index contributed by atoms with van der Waals surface area (Å²) in [4.78, 5) is 29.5. The summed E-state index contributed by atoms with van der Waals surface area (Å²) >= 11 is 1.33. The van der Waals surface area contributed by atoms with Crippen LogP contribution < -0.4 is 4.80 Å². The molecule has 4 aromatic rings. The Morgan fingerprint density at radius 1 is 1.00 bits per heavy atom. The molecule has 0 spiro atoms. The van der Waals surface area contributed by atoms with Crippen molar-refractivity contribution in [3.05, 3.63) is 88.7 Å². The third-order valence-corrected chi connectivity index (χ3v) is 6.23. The van der Waals surface area contributed by atoms with Gasteiger partial charge in [0.1, 0.15) is 6.04 Å². The lowest BCUT2D eigenvalue weighted by molar-refractivity contribution is -0.140. The molecule has 1 N–H and O–H groups in total. The van der Waals surface area contributed by atoms with Gasteiger partial charge in [0, 0.05) is 5.56 Å². The van der Waals surface area contributed by atoms with Gasteiger partial charge in [0.15, 0.2) is 4.80 Å². The van der Waals surface area contributed by atoms with Gasteiger partial charge in [-0.3, -0.25) is 4.79 Å². The number of carboxylic acid groups (broad SMARTS) is 1. The molecule has 0 fully saturated rings. The molecule has 0 aliphatic carbocycles. The lowest BCUT2D eigenvalue weighted by atomic mass is 10.1. The molecule has 1 unspecified atom stereocenters. The summed E-state index contributed by atoms with van der Waals surface area (Å²) in [6.45, 7) is 3.77. The van der Waals surface area contributed by atoms with Gasteiger partial charge in [0.2, 0.25) is 0 Å². The number of amides is 1. The molecule has 0 aliphatic rings. The Labute approximate surface area is 183 Å². The Balaban J connectivity index is 1.90. The second-order valence-corrected chi connectivity index (χ2v) is 8.36. The second kappa shape index (κ2) is 8.70. The highest BCUT2D eigenvalue weighted by Crippen LogP contribution is 2.28. The zero-order valence-electron chi connectivity index (χ0n) is 17.3. The predicted octanol–water partition coefficient (Wildman–Crippen LogP) is 5.46. The first-order valence-corrected chi connectivity index (χ1v) is 10.9. The van der Waals surface area contributed by atoms with E-state index in [1.165, 1.54) is 11.3 Å². The van der Waals surface area contributed by atoms with E-state index in [4.69, 9.17) is 0 Å². The zero-order valence-corrected chi connectivity index (χ0v) is 18.1. The van der Waals surface area contributed by atoms with Crippen LogP contribution in [0.15, 0.2) is 77.8 Å². The number of carbonyl (C=O) groups is 2. The van der Waals surface area contributed by atoms with E-state index in [-0.39, 0.29) is 5.91 Å². The summed E-state index contributed by atoms with van der Waals surface area (Å²) in [5.74, 6) is -1.33. The van der Waals surface area contributed by atoms with Crippen LogP contribution in [0.1, 0.15) is 35.3 Å². The molecule has 0 saturated carbocycles. The number of hydrogen-bond acceptors (Lipinski definition) is 3. The number of carbonyl (C=O) groups excluding carboxylic acids is 1. The van der Waals surface area contributed by atoms with Gasteiger partial charge >= 0.3 is 5.97 Å². The van der Waals surface area contributed by atoms with E-state index in [1.807, 2.05) is 74.5 Å². The minimum atomic E-state index is -0.946. The maximum Gasteiger partial charge on any atom is 0.326 e. The van der Waals surface area contributed by atoms with Crippen LogP contribution in [-0.4, -0.2) is 21.6 Å². The summed E-state index contributed by atoms with van der Waals surface area (Å²) in [5, 5.41) is 9.80. The monoisotopic (exact) mass is 430 g/mol. The van der Waals surface area contributed by atoms with Gasteiger partial charge in [-0.15, -0.1) is 0 Å². The fourth-order valence-electron chi connectivity index (χ4n) is 3.55. The van der Waals surface area contributed by atoms with Crippen molar-refractivity contribution < 1.29 is 14.7 Å². The number of rotatable bonds is 5. The minimum Gasteiger partial charge on any atom is -0.480 e. The van der Waals surface area contributed by atoms with Crippen molar-refractivity contribution in [2.24, 2.45) is 4.99 Å². The molecule has 1 heterocycles. The topological polar surface area (TPSA) is 71.7 Å². The van der Waals surface area contributed by atoms with Crippen LogP contribution >= 0.6 is 11.3 Å². The first-order chi connectivity index (χ1) is 15.0. The van der Waals surface area contributed by atoms with Crippen molar-refractivity contribution in [2.45, 2.75) is 26.3 Å². The van der Waals surface area contributed by atoms with Gasteiger partial charge in [0.25, 0.3) is 5.91 Å². The lowest BCUT2D eigenvalue weighted by Gasteiger charge is -2.13. The van der Waals surface area contributed by atoms with E-state index in [0.717, 1.165) is 26.9 Å². The molecule has 0 bridgehead atoms. The maximum absolute atomic E-state index is 12.8. The van der Waals surface area contributed by atoms with Crippen LogP contribution in [0.25, 0.3) is 21.3 Å². The second-order valence-electron chi connectivity index (χ2n) is 7.35. The average molecular weight is 431 g/mol. The molecule has 31 heavy (non-hydrogen) atoms. The number of carboxylic acids is 1. The molecule has 1 aromatic heterocycles. The molecule has 3 aromatic carbocycles. The van der Waals surface area contributed by atoms with E-state index in [9.17, 15) is 14.7 Å². The Morgan fingerprint density at radius 3 is 2.35 bits per heavy atom. The standard InChI is InChI=1S/C25H22N2O3S/c1-3-20(24(29)30)27-21-14-13-19(17-7-5-4-6-8-17)15-22(21)31-25(27)26-23(28)18-11-9-16(2)10-12-18/h4-15,20H,3H2,1-2H3,(H,29,30)/b26-25-. The van der Waals surface area contributed by atoms with Crippen LogP contribution in [0, 0.1) is 6.92 Å². The normalized spacial score (nSPS) is 12.8. The molecule has 6 heteroatoms. The summed E-state index contributed by atoms with van der Waals surface area (Å²) in [6.07, 6.45) is 0.382. The third kappa shape index (κ3) is 4.20. The van der Waals surface area contributed by atoms with E-state index in [2.05, 4.69) is 4.99 Å². The predicted molar refractivity (Wildman–Crippen MR) is 123 cm³/mol. The number of thiazole rings is 1. The quantitative estimate of drug-likeness (QED) is 0.457. The van der Waals surface area contributed by atoms with E-state index >= 15 is 0 Å². The number of aryl methyl sites for hydroxylation is 1. The van der Waals surface area contributed by atoms with Crippen molar-refractivity contribution in [2.75, 3.05) is 0 Å². The van der Waals surface area contributed by atoms with Gasteiger partial charge < -0.3 is 9.67 Å². The first kappa shape index (κ1) is 20.8. The van der Waals surface area contributed by atoms with Crippen molar-refractivity contribution in [1.29, 1.82) is 0 Å². The Kier molecular flexibility index (Phi) is 5.82. The minimum absolute atomic E-state index is 0.382. The van der Waals surface area contributed by atoms with Crippen LogP contribution in [0.2, 0.25) is 0 Å².